The van der Waals surface area contributed by atoms with E-state index in [9.17, 15) is 9.90 Å². The topological polar surface area (TPSA) is 73.1 Å². The molecule has 0 bridgehead atoms. The SMILES string of the molecule is N#Cc1ccc(NC(=O)C(O)(Cc2ccccc2)Cc2ccccc2)cc1Cl. The molecule has 0 spiro atoms. The molecule has 0 heterocycles. The first-order chi connectivity index (χ1) is 13.5. The number of carbonyl (C=O) groups excluding carboxylic acids is 1. The number of amides is 1. The fourth-order valence-corrected chi connectivity index (χ4v) is 3.24. The predicted octanol–water partition coefficient (Wildman–Crippen LogP) is 4.37. The number of aliphatic hydroxyl groups is 1. The van der Waals surface area contributed by atoms with Crippen molar-refractivity contribution in [2.45, 2.75) is 18.4 Å². The maximum Gasteiger partial charge on any atom is 0.257 e. The minimum absolute atomic E-state index is 0.165. The van der Waals surface area contributed by atoms with Crippen LogP contribution in [-0.4, -0.2) is 16.6 Å². The lowest BCUT2D eigenvalue weighted by molar-refractivity contribution is -0.134. The van der Waals surface area contributed by atoms with Crippen molar-refractivity contribution in [3.63, 3.8) is 0 Å². The first kappa shape index (κ1) is 19.6. The number of nitrogens with zero attached hydrogens (tertiary/aromatic N) is 1. The summed E-state index contributed by atoms with van der Waals surface area (Å²) in [6.07, 6.45) is 0.331. The van der Waals surface area contributed by atoms with Gasteiger partial charge >= 0.3 is 0 Å². The summed E-state index contributed by atoms with van der Waals surface area (Å²) in [5.74, 6) is -0.527. The molecule has 0 saturated carbocycles. The average molecular weight is 391 g/mol. The molecular formula is C23H19ClN2O2. The van der Waals surface area contributed by atoms with Gasteiger partial charge in [0.05, 0.1) is 10.6 Å². The molecule has 0 radical (unpaired) electrons. The normalized spacial score (nSPS) is 10.9. The van der Waals surface area contributed by atoms with E-state index in [-0.39, 0.29) is 17.9 Å². The van der Waals surface area contributed by atoms with Gasteiger partial charge in [0.25, 0.3) is 5.91 Å². The van der Waals surface area contributed by atoms with E-state index in [1.165, 1.54) is 12.1 Å². The summed E-state index contributed by atoms with van der Waals surface area (Å²) in [5.41, 5.74) is 0.809. The molecule has 3 aromatic rings. The first-order valence-corrected chi connectivity index (χ1v) is 9.19. The van der Waals surface area contributed by atoms with Gasteiger partial charge in [-0.05, 0) is 29.3 Å². The second kappa shape index (κ2) is 8.71. The molecule has 4 nitrogen and oxygen atoms in total. The Morgan fingerprint density at radius 3 is 1.96 bits per heavy atom. The molecule has 3 rings (SSSR count). The summed E-state index contributed by atoms with van der Waals surface area (Å²) in [4.78, 5) is 13.0. The van der Waals surface area contributed by atoms with Crippen molar-refractivity contribution in [2.75, 3.05) is 5.32 Å². The number of benzene rings is 3. The Labute approximate surface area is 169 Å². The second-order valence-electron chi connectivity index (χ2n) is 6.62. The quantitative estimate of drug-likeness (QED) is 0.656. The van der Waals surface area contributed by atoms with Gasteiger partial charge in [-0.1, -0.05) is 72.3 Å². The van der Waals surface area contributed by atoms with Crippen LogP contribution >= 0.6 is 11.6 Å². The molecule has 0 fully saturated rings. The lowest BCUT2D eigenvalue weighted by Crippen LogP contribution is -2.47. The number of nitriles is 1. The summed E-state index contributed by atoms with van der Waals surface area (Å²) < 4.78 is 0. The zero-order valence-corrected chi connectivity index (χ0v) is 15.9. The monoisotopic (exact) mass is 390 g/mol. The molecule has 5 heteroatoms. The highest BCUT2D eigenvalue weighted by atomic mass is 35.5. The van der Waals surface area contributed by atoms with Crippen molar-refractivity contribution in [1.82, 2.24) is 0 Å². The second-order valence-corrected chi connectivity index (χ2v) is 7.02. The largest absolute Gasteiger partial charge is 0.379 e. The molecule has 0 aliphatic rings. The van der Waals surface area contributed by atoms with Crippen molar-refractivity contribution in [2.24, 2.45) is 0 Å². The molecule has 28 heavy (non-hydrogen) atoms. The molecule has 0 saturated heterocycles. The third-order valence-electron chi connectivity index (χ3n) is 4.45. The molecule has 0 unspecified atom stereocenters. The highest BCUT2D eigenvalue weighted by Gasteiger charge is 2.36. The fourth-order valence-electron chi connectivity index (χ4n) is 3.02. The molecule has 3 aromatic carbocycles. The highest BCUT2D eigenvalue weighted by Crippen LogP contribution is 2.24. The van der Waals surface area contributed by atoms with Crippen LogP contribution in [-0.2, 0) is 17.6 Å². The van der Waals surface area contributed by atoms with Crippen LogP contribution in [0.2, 0.25) is 5.02 Å². The van der Waals surface area contributed by atoms with Crippen LogP contribution in [0.15, 0.2) is 78.9 Å². The van der Waals surface area contributed by atoms with Gasteiger partial charge in [-0.15, -0.1) is 0 Å². The Bertz CT molecular complexity index is 957. The Balaban J connectivity index is 1.87. The van der Waals surface area contributed by atoms with Crippen molar-refractivity contribution < 1.29 is 9.90 Å². The van der Waals surface area contributed by atoms with E-state index in [0.717, 1.165) is 11.1 Å². The maximum atomic E-state index is 13.0. The van der Waals surface area contributed by atoms with E-state index >= 15 is 0 Å². The van der Waals surface area contributed by atoms with E-state index in [1.54, 1.807) is 6.07 Å². The number of hydrogen-bond acceptors (Lipinski definition) is 3. The Morgan fingerprint density at radius 2 is 1.50 bits per heavy atom. The Hall–Kier alpha value is -3.13. The maximum absolute atomic E-state index is 13.0. The van der Waals surface area contributed by atoms with Gasteiger partial charge in [-0.2, -0.15) is 5.26 Å². The molecular weight excluding hydrogens is 372 g/mol. The third kappa shape index (κ3) is 4.77. The number of nitrogens with one attached hydrogen (secondary N) is 1. The summed E-state index contributed by atoms with van der Waals surface area (Å²) in [7, 11) is 0. The lowest BCUT2D eigenvalue weighted by Gasteiger charge is -2.27. The average Bonchev–Trinajstić information content (AvgIpc) is 2.69. The van der Waals surface area contributed by atoms with Gasteiger partial charge in [0.15, 0.2) is 5.60 Å². The fraction of sp³-hybridized carbons (Fsp3) is 0.130. The van der Waals surface area contributed by atoms with Crippen molar-refractivity contribution >= 4 is 23.2 Å². The van der Waals surface area contributed by atoms with Crippen LogP contribution in [0, 0.1) is 11.3 Å². The number of carbonyl (C=O) groups is 1. The lowest BCUT2D eigenvalue weighted by atomic mass is 9.87. The zero-order chi connectivity index (χ0) is 20.0. The number of hydrogen-bond donors (Lipinski definition) is 2. The number of halogens is 1. The van der Waals surface area contributed by atoms with Crippen molar-refractivity contribution in [3.8, 4) is 6.07 Å². The molecule has 1 amide bonds. The van der Waals surface area contributed by atoms with Crippen LogP contribution in [0.4, 0.5) is 5.69 Å². The van der Waals surface area contributed by atoms with Crippen LogP contribution in [0.25, 0.3) is 0 Å². The predicted molar refractivity (Wildman–Crippen MR) is 110 cm³/mol. The van der Waals surface area contributed by atoms with E-state index < -0.39 is 11.5 Å². The highest BCUT2D eigenvalue weighted by molar-refractivity contribution is 6.32. The summed E-state index contributed by atoms with van der Waals surface area (Å²) in [6.45, 7) is 0. The summed E-state index contributed by atoms with van der Waals surface area (Å²) >= 11 is 6.05. The third-order valence-corrected chi connectivity index (χ3v) is 4.76. The molecule has 0 aliphatic carbocycles. The number of rotatable bonds is 6. The Kier molecular flexibility index (Phi) is 6.10. The van der Waals surface area contributed by atoms with E-state index in [4.69, 9.17) is 16.9 Å². The van der Waals surface area contributed by atoms with Crippen LogP contribution in [0.1, 0.15) is 16.7 Å². The van der Waals surface area contributed by atoms with E-state index in [0.29, 0.717) is 11.3 Å². The van der Waals surface area contributed by atoms with Crippen LogP contribution in [0.3, 0.4) is 0 Å². The van der Waals surface area contributed by atoms with Gasteiger partial charge in [0.1, 0.15) is 6.07 Å². The van der Waals surface area contributed by atoms with Crippen molar-refractivity contribution in [1.29, 1.82) is 5.26 Å². The standard InChI is InChI=1S/C23H19ClN2O2/c24-21-13-20(12-11-19(21)16-25)26-22(27)23(28,14-17-7-3-1-4-8-17)15-18-9-5-2-6-10-18/h1-13,28H,14-15H2,(H,26,27). The molecule has 2 N–H and O–H groups in total. The summed E-state index contributed by atoms with van der Waals surface area (Å²) in [5, 5.41) is 23.3. The van der Waals surface area contributed by atoms with E-state index in [2.05, 4.69) is 5.32 Å². The minimum atomic E-state index is -1.65. The summed E-state index contributed by atoms with van der Waals surface area (Å²) in [6, 6.07) is 25.4. The van der Waals surface area contributed by atoms with Gasteiger partial charge in [-0.3, -0.25) is 4.79 Å². The van der Waals surface area contributed by atoms with Crippen molar-refractivity contribution in [3.05, 3.63) is 101 Å². The molecule has 0 aromatic heterocycles. The molecule has 140 valence electrons. The van der Waals surface area contributed by atoms with Gasteiger partial charge in [0.2, 0.25) is 0 Å². The smallest absolute Gasteiger partial charge is 0.257 e. The van der Waals surface area contributed by atoms with Gasteiger partial charge in [-0.25, -0.2) is 0 Å². The van der Waals surface area contributed by atoms with Crippen LogP contribution in [0.5, 0.6) is 0 Å². The van der Waals surface area contributed by atoms with E-state index in [1.807, 2.05) is 66.7 Å². The van der Waals surface area contributed by atoms with Gasteiger partial charge < -0.3 is 10.4 Å². The molecule has 0 atom stereocenters. The molecule has 0 aliphatic heterocycles. The first-order valence-electron chi connectivity index (χ1n) is 8.81. The van der Waals surface area contributed by atoms with Crippen LogP contribution < -0.4 is 5.32 Å². The van der Waals surface area contributed by atoms with Gasteiger partial charge in [0, 0.05) is 18.5 Å². The minimum Gasteiger partial charge on any atom is -0.379 e. The zero-order valence-electron chi connectivity index (χ0n) is 15.1. The Morgan fingerprint density at radius 1 is 0.964 bits per heavy atom. The number of anilines is 1.